The number of carbonyl (C=O) groups is 1. The van der Waals surface area contributed by atoms with Gasteiger partial charge in [0.05, 0.1) is 0 Å². The highest BCUT2D eigenvalue weighted by Gasteiger charge is 2.09. The highest BCUT2D eigenvalue weighted by atomic mass is 16.2. The zero-order valence-corrected chi connectivity index (χ0v) is 8.94. The molecule has 1 aromatic heterocycles. The van der Waals surface area contributed by atoms with Gasteiger partial charge in [-0.25, -0.2) is 0 Å². The fourth-order valence-electron chi connectivity index (χ4n) is 1.41. The van der Waals surface area contributed by atoms with Gasteiger partial charge in [-0.15, -0.1) is 0 Å². The third-order valence-corrected chi connectivity index (χ3v) is 2.21. The number of H-pyrrole nitrogens is 1. The molecule has 1 heterocycles. The number of nitrogens with one attached hydrogen (secondary N) is 2. The van der Waals surface area contributed by atoms with Crippen LogP contribution >= 0.6 is 0 Å². The highest BCUT2D eigenvalue weighted by Crippen LogP contribution is 2.12. The summed E-state index contributed by atoms with van der Waals surface area (Å²) in [7, 11) is 0. The Morgan fingerprint density at radius 3 is 2.82 bits per heavy atom. The number of hydrogen-bond donors (Lipinski definition) is 3. The van der Waals surface area contributed by atoms with E-state index < -0.39 is 5.91 Å². The maximum absolute atomic E-state index is 11.8. The van der Waals surface area contributed by atoms with E-state index >= 15 is 0 Å². The first-order chi connectivity index (χ1) is 8.16. The fraction of sp³-hybridized carbons (Fsp3) is 0. The van der Waals surface area contributed by atoms with Gasteiger partial charge in [0.2, 0.25) is 0 Å². The van der Waals surface area contributed by atoms with Crippen LogP contribution in [-0.2, 0) is 0 Å². The van der Waals surface area contributed by atoms with Gasteiger partial charge in [-0.1, -0.05) is 6.07 Å². The van der Waals surface area contributed by atoms with Crippen LogP contribution in [0.25, 0.3) is 0 Å². The predicted octanol–water partition coefficient (Wildman–Crippen LogP) is 1.21. The number of pyridine rings is 1. The minimum Gasteiger partial charge on any atom is -0.399 e. The number of benzene rings is 1. The van der Waals surface area contributed by atoms with Gasteiger partial charge in [0.25, 0.3) is 5.91 Å². The zero-order valence-electron chi connectivity index (χ0n) is 8.94. The molecule has 0 aliphatic carbocycles. The molecule has 0 aliphatic rings. The summed E-state index contributed by atoms with van der Waals surface area (Å²) in [6.07, 6.45) is 2.84. The molecule has 0 bridgehead atoms. The number of hydrogen-bond acceptors (Lipinski definition) is 3. The standard InChI is InChI=1S/C12H11N3O2/c13-8-2-1-3-9(6-8)15-12(17)10-7-14-5-4-11(10)16/h1-7H,13H2,(H,14,16)(H,15,17). The Labute approximate surface area is 97.3 Å². The number of nitrogens with two attached hydrogens (primary N) is 1. The first-order valence-corrected chi connectivity index (χ1v) is 5.01. The van der Waals surface area contributed by atoms with E-state index in [1.165, 1.54) is 18.5 Å². The number of aromatic nitrogens is 1. The van der Waals surface area contributed by atoms with Crippen LogP contribution in [0.4, 0.5) is 11.4 Å². The van der Waals surface area contributed by atoms with Crippen LogP contribution in [0.2, 0.25) is 0 Å². The molecule has 0 aliphatic heterocycles. The Morgan fingerprint density at radius 2 is 2.12 bits per heavy atom. The van der Waals surface area contributed by atoms with E-state index in [0.717, 1.165) is 0 Å². The molecule has 2 rings (SSSR count). The van der Waals surface area contributed by atoms with Gasteiger partial charge in [0.15, 0.2) is 5.43 Å². The summed E-state index contributed by atoms with van der Waals surface area (Å²) >= 11 is 0. The topological polar surface area (TPSA) is 88.0 Å². The SMILES string of the molecule is Nc1cccc(NC(=O)c2c[nH]ccc2=O)c1. The van der Waals surface area contributed by atoms with E-state index in [0.29, 0.717) is 11.4 Å². The van der Waals surface area contributed by atoms with Crippen molar-refractivity contribution in [1.82, 2.24) is 4.98 Å². The van der Waals surface area contributed by atoms with Gasteiger partial charge in [-0.3, -0.25) is 9.59 Å². The number of amides is 1. The van der Waals surface area contributed by atoms with Gasteiger partial charge in [0.1, 0.15) is 5.56 Å². The second-order valence-corrected chi connectivity index (χ2v) is 3.50. The van der Waals surface area contributed by atoms with Gasteiger partial charge >= 0.3 is 0 Å². The van der Waals surface area contributed by atoms with Crippen molar-refractivity contribution in [3.8, 4) is 0 Å². The second kappa shape index (κ2) is 4.52. The van der Waals surface area contributed by atoms with Gasteiger partial charge in [-0.05, 0) is 18.2 Å². The Balaban J connectivity index is 2.23. The van der Waals surface area contributed by atoms with E-state index in [-0.39, 0.29) is 11.0 Å². The second-order valence-electron chi connectivity index (χ2n) is 3.50. The zero-order chi connectivity index (χ0) is 12.3. The number of anilines is 2. The monoisotopic (exact) mass is 229 g/mol. The van der Waals surface area contributed by atoms with Gasteiger partial charge < -0.3 is 16.0 Å². The van der Waals surface area contributed by atoms with Crippen LogP contribution in [-0.4, -0.2) is 10.9 Å². The summed E-state index contributed by atoms with van der Waals surface area (Å²) in [5, 5.41) is 2.60. The summed E-state index contributed by atoms with van der Waals surface area (Å²) in [5.41, 5.74) is 6.42. The summed E-state index contributed by atoms with van der Waals surface area (Å²) in [6, 6.07) is 8.06. The molecule has 0 atom stereocenters. The molecular weight excluding hydrogens is 218 g/mol. The number of rotatable bonds is 2. The summed E-state index contributed by atoms with van der Waals surface area (Å²) < 4.78 is 0. The van der Waals surface area contributed by atoms with Crippen LogP contribution < -0.4 is 16.5 Å². The van der Waals surface area contributed by atoms with Crippen LogP contribution in [0.5, 0.6) is 0 Å². The van der Waals surface area contributed by atoms with Gasteiger partial charge in [0, 0.05) is 29.8 Å². The normalized spacial score (nSPS) is 9.88. The Bertz CT molecular complexity index is 604. The third-order valence-electron chi connectivity index (χ3n) is 2.21. The number of nitrogen functional groups attached to an aromatic ring is 1. The molecule has 0 spiro atoms. The van der Waals surface area contributed by atoms with Crippen molar-refractivity contribution < 1.29 is 4.79 Å². The molecule has 4 N–H and O–H groups in total. The minimum absolute atomic E-state index is 0.0647. The smallest absolute Gasteiger partial charge is 0.261 e. The van der Waals surface area contributed by atoms with Crippen LogP contribution in [0.3, 0.4) is 0 Å². The van der Waals surface area contributed by atoms with E-state index in [1.807, 2.05) is 0 Å². The molecule has 5 heteroatoms. The van der Waals surface area contributed by atoms with Crippen LogP contribution in [0, 0.1) is 0 Å². The lowest BCUT2D eigenvalue weighted by Gasteiger charge is -2.04. The summed E-state index contributed by atoms with van der Waals surface area (Å²) in [4.78, 5) is 25.9. The average molecular weight is 229 g/mol. The minimum atomic E-state index is -0.461. The van der Waals surface area contributed by atoms with Crippen LogP contribution in [0.1, 0.15) is 10.4 Å². The molecule has 17 heavy (non-hydrogen) atoms. The van der Waals surface area contributed by atoms with E-state index in [9.17, 15) is 9.59 Å². The van der Waals surface area contributed by atoms with E-state index in [2.05, 4.69) is 10.3 Å². The van der Waals surface area contributed by atoms with Crippen molar-refractivity contribution in [1.29, 1.82) is 0 Å². The van der Waals surface area contributed by atoms with Crippen molar-refractivity contribution >= 4 is 17.3 Å². The Morgan fingerprint density at radius 1 is 1.29 bits per heavy atom. The van der Waals surface area contributed by atoms with Crippen molar-refractivity contribution in [3.63, 3.8) is 0 Å². The molecule has 0 unspecified atom stereocenters. The van der Waals surface area contributed by atoms with E-state index in [4.69, 9.17) is 5.73 Å². The predicted molar refractivity (Wildman–Crippen MR) is 65.9 cm³/mol. The lowest BCUT2D eigenvalue weighted by Crippen LogP contribution is -2.20. The van der Waals surface area contributed by atoms with Gasteiger partial charge in [-0.2, -0.15) is 0 Å². The van der Waals surface area contributed by atoms with E-state index in [1.54, 1.807) is 24.3 Å². The first kappa shape index (κ1) is 10.9. The lowest BCUT2D eigenvalue weighted by molar-refractivity contribution is 0.102. The molecule has 0 fully saturated rings. The first-order valence-electron chi connectivity index (χ1n) is 5.01. The molecule has 1 aromatic carbocycles. The molecular formula is C12H11N3O2. The maximum Gasteiger partial charge on any atom is 0.261 e. The van der Waals surface area contributed by atoms with Crippen LogP contribution in [0.15, 0.2) is 47.5 Å². The third kappa shape index (κ3) is 2.52. The number of aromatic amines is 1. The largest absolute Gasteiger partial charge is 0.399 e. The summed E-state index contributed by atoms with van der Waals surface area (Å²) in [6.45, 7) is 0. The molecule has 5 nitrogen and oxygen atoms in total. The highest BCUT2D eigenvalue weighted by molar-refractivity contribution is 6.04. The molecule has 0 saturated carbocycles. The fourth-order valence-corrected chi connectivity index (χ4v) is 1.41. The lowest BCUT2D eigenvalue weighted by atomic mass is 10.2. The summed E-state index contributed by atoms with van der Waals surface area (Å²) in [5.74, 6) is -0.461. The molecule has 2 aromatic rings. The molecule has 86 valence electrons. The Kier molecular flexibility index (Phi) is 2.91. The number of carbonyl (C=O) groups excluding carboxylic acids is 1. The molecule has 0 radical (unpaired) electrons. The maximum atomic E-state index is 11.8. The van der Waals surface area contributed by atoms with Crippen molar-refractivity contribution in [2.24, 2.45) is 0 Å². The van der Waals surface area contributed by atoms with Crippen molar-refractivity contribution in [2.45, 2.75) is 0 Å². The van der Waals surface area contributed by atoms with Crippen molar-refractivity contribution in [3.05, 3.63) is 58.5 Å². The Hall–Kier alpha value is -2.56. The molecule has 0 saturated heterocycles. The van der Waals surface area contributed by atoms with Crippen molar-refractivity contribution in [2.75, 3.05) is 11.1 Å². The average Bonchev–Trinajstić information content (AvgIpc) is 2.29. The molecule has 1 amide bonds. The quantitative estimate of drug-likeness (QED) is 0.676.